The van der Waals surface area contributed by atoms with E-state index in [9.17, 15) is 0 Å². The Morgan fingerprint density at radius 1 is 1.47 bits per heavy atom. The predicted molar refractivity (Wildman–Crippen MR) is 60.0 cm³/mol. The monoisotopic (exact) mass is 224 g/mol. The van der Waals surface area contributed by atoms with Crippen LogP contribution in [0.15, 0.2) is 24.3 Å². The molecule has 0 radical (unpaired) electrons. The molecule has 1 N–H and O–H groups in total. The summed E-state index contributed by atoms with van der Waals surface area (Å²) in [6.45, 7) is 2.48. The quantitative estimate of drug-likeness (QED) is 0.789. The van der Waals surface area contributed by atoms with Crippen LogP contribution in [0.1, 0.15) is 17.2 Å². The maximum absolute atomic E-state index is 8.75. The Morgan fingerprint density at radius 2 is 2.33 bits per heavy atom. The molecule has 1 atom stereocenters. The first-order valence-electron chi connectivity index (χ1n) is 4.72. The molecule has 0 bridgehead atoms. The molecule has 0 saturated carbocycles. The topological polar surface area (TPSA) is 45.0 Å². The number of halogens is 1. The molecule has 4 heteroatoms. The molecule has 3 nitrogen and oxygen atoms in total. The third-order valence-electron chi connectivity index (χ3n) is 2.32. The molecule has 0 amide bonds. The minimum Gasteiger partial charge on any atom is -0.371 e. The average molecular weight is 225 g/mol. The van der Waals surface area contributed by atoms with E-state index in [0.29, 0.717) is 5.56 Å². The molecule has 1 unspecified atom stereocenters. The van der Waals surface area contributed by atoms with E-state index in [2.05, 4.69) is 11.4 Å². The Labute approximate surface area is 95.5 Å². The van der Waals surface area contributed by atoms with Crippen molar-refractivity contribution in [3.63, 3.8) is 0 Å². The smallest absolute Gasteiger partial charge is 0.0991 e. The van der Waals surface area contributed by atoms with E-state index in [1.807, 2.05) is 18.2 Å². The fraction of sp³-hybridized carbons (Fsp3) is 0.364. The lowest BCUT2D eigenvalue weighted by Crippen LogP contribution is -2.33. The zero-order valence-electron chi connectivity index (χ0n) is 8.27. The van der Waals surface area contributed by atoms with Crippen LogP contribution in [0.4, 0.5) is 0 Å². The molecule has 1 aliphatic heterocycles. The van der Waals surface area contributed by atoms with E-state index in [1.54, 1.807) is 6.07 Å². The van der Waals surface area contributed by atoms with Gasteiger partial charge in [0.25, 0.3) is 0 Å². The third-order valence-corrected chi connectivity index (χ3v) is 2.32. The van der Waals surface area contributed by atoms with Crippen molar-refractivity contribution in [2.24, 2.45) is 0 Å². The first kappa shape index (κ1) is 12.0. The number of benzene rings is 1. The molecule has 15 heavy (non-hydrogen) atoms. The number of rotatable bonds is 1. The highest BCUT2D eigenvalue weighted by molar-refractivity contribution is 5.85. The highest BCUT2D eigenvalue weighted by Crippen LogP contribution is 2.19. The summed E-state index contributed by atoms with van der Waals surface area (Å²) < 4.78 is 5.59. The van der Waals surface area contributed by atoms with E-state index >= 15 is 0 Å². The van der Waals surface area contributed by atoms with Gasteiger partial charge in [-0.15, -0.1) is 12.4 Å². The lowest BCUT2D eigenvalue weighted by molar-refractivity contribution is 0.0277. The number of nitrogens with zero attached hydrogens (tertiary/aromatic N) is 1. The number of nitrogens with one attached hydrogen (secondary N) is 1. The Hall–Kier alpha value is -1.08. The molecule has 1 aromatic carbocycles. The predicted octanol–water partition coefficient (Wildman–Crippen LogP) is 1.64. The van der Waals surface area contributed by atoms with Gasteiger partial charge in [0.2, 0.25) is 0 Å². The normalized spacial score (nSPS) is 20.1. The molecule has 2 rings (SSSR count). The summed E-state index contributed by atoms with van der Waals surface area (Å²) >= 11 is 0. The summed E-state index contributed by atoms with van der Waals surface area (Å²) in [5, 5.41) is 12.0. The van der Waals surface area contributed by atoms with Crippen molar-refractivity contribution >= 4 is 12.4 Å². The Morgan fingerprint density at radius 3 is 3.00 bits per heavy atom. The van der Waals surface area contributed by atoms with Crippen molar-refractivity contribution in [3.05, 3.63) is 35.4 Å². The summed E-state index contributed by atoms with van der Waals surface area (Å²) in [6.07, 6.45) is 0.0945. The third kappa shape index (κ3) is 2.93. The van der Waals surface area contributed by atoms with Crippen molar-refractivity contribution in [1.29, 1.82) is 5.26 Å². The largest absolute Gasteiger partial charge is 0.371 e. The summed E-state index contributed by atoms with van der Waals surface area (Å²) in [6, 6.07) is 9.72. The maximum atomic E-state index is 8.75. The first-order chi connectivity index (χ1) is 6.90. The molecule has 1 aliphatic rings. The summed E-state index contributed by atoms with van der Waals surface area (Å²) in [7, 11) is 0. The Kier molecular flexibility index (Phi) is 4.57. The minimum atomic E-state index is 0. The molecule has 0 aliphatic carbocycles. The summed E-state index contributed by atoms with van der Waals surface area (Å²) in [5.74, 6) is 0. The van der Waals surface area contributed by atoms with Gasteiger partial charge >= 0.3 is 0 Å². The van der Waals surface area contributed by atoms with Crippen LogP contribution < -0.4 is 5.32 Å². The van der Waals surface area contributed by atoms with Gasteiger partial charge in [0, 0.05) is 13.1 Å². The van der Waals surface area contributed by atoms with Crippen molar-refractivity contribution in [2.45, 2.75) is 6.10 Å². The highest BCUT2D eigenvalue weighted by Gasteiger charge is 2.15. The van der Waals surface area contributed by atoms with Crippen molar-refractivity contribution < 1.29 is 4.74 Å². The lowest BCUT2D eigenvalue weighted by Gasteiger charge is -2.23. The molecule has 1 aromatic rings. The zero-order chi connectivity index (χ0) is 9.80. The van der Waals surface area contributed by atoms with Gasteiger partial charge in [-0.3, -0.25) is 0 Å². The molecule has 0 spiro atoms. The lowest BCUT2D eigenvalue weighted by atomic mass is 10.1. The molecular formula is C11H13ClN2O. The van der Waals surface area contributed by atoms with Crippen LogP contribution in [0, 0.1) is 11.3 Å². The summed E-state index contributed by atoms with van der Waals surface area (Å²) in [5.41, 5.74) is 1.77. The number of nitriles is 1. The minimum absolute atomic E-state index is 0. The number of morpholine rings is 1. The Balaban J connectivity index is 0.00000112. The molecular weight excluding hydrogens is 212 g/mol. The van der Waals surface area contributed by atoms with Gasteiger partial charge in [0.15, 0.2) is 0 Å². The van der Waals surface area contributed by atoms with E-state index in [4.69, 9.17) is 10.00 Å². The van der Waals surface area contributed by atoms with Crippen LogP contribution in [0.25, 0.3) is 0 Å². The second-order valence-electron chi connectivity index (χ2n) is 3.30. The van der Waals surface area contributed by atoms with Crippen LogP contribution in [-0.4, -0.2) is 19.7 Å². The van der Waals surface area contributed by atoms with Gasteiger partial charge < -0.3 is 10.1 Å². The van der Waals surface area contributed by atoms with E-state index in [1.165, 1.54) is 0 Å². The maximum Gasteiger partial charge on any atom is 0.0991 e. The fourth-order valence-electron chi connectivity index (χ4n) is 1.59. The first-order valence-corrected chi connectivity index (χ1v) is 4.72. The molecule has 1 fully saturated rings. The average Bonchev–Trinajstić information content (AvgIpc) is 2.30. The number of hydrogen-bond donors (Lipinski definition) is 1. The van der Waals surface area contributed by atoms with Gasteiger partial charge in [0.05, 0.1) is 24.3 Å². The molecule has 1 heterocycles. The number of hydrogen-bond acceptors (Lipinski definition) is 3. The highest BCUT2D eigenvalue weighted by atomic mass is 35.5. The van der Waals surface area contributed by atoms with Crippen molar-refractivity contribution in [3.8, 4) is 6.07 Å². The van der Waals surface area contributed by atoms with Crippen molar-refractivity contribution in [2.75, 3.05) is 19.7 Å². The second kappa shape index (κ2) is 5.72. The van der Waals surface area contributed by atoms with Crippen LogP contribution >= 0.6 is 12.4 Å². The molecule has 0 aromatic heterocycles. The van der Waals surface area contributed by atoms with Gasteiger partial charge in [-0.25, -0.2) is 0 Å². The molecule has 1 saturated heterocycles. The standard InChI is InChI=1S/C11H12N2O.ClH/c12-7-9-2-1-3-10(6-9)11-8-13-4-5-14-11;/h1-3,6,11,13H,4-5,8H2;1H. The van der Waals surface area contributed by atoms with E-state index in [0.717, 1.165) is 25.3 Å². The summed E-state index contributed by atoms with van der Waals surface area (Å²) in [4.78, 5) is 0. The van der Waals surface area contributed by atoms with E-state index < -0.39 is 0 Å². The second-order valence-corrected chi connectivity index (χ2v) is 3.30. The SMILES string of the molecule is Cl.N#Cc1cccc(C2CNCCO2)c1. The Bertz CT molecular complexity index is 356. The van der Waals surface area contributed by atoms with Crippen molar-refractivity contribution in [1.82, 2.24) is 5.32 Å². The zero-order valence-corrected chi connectivity index (χ0v) is 9.09. The molecule has 80 valence electrons. The fourth-order valence-corrected chi connectivity index (χ4v) is 1.59. The van der Waals surface area contributed by atoms with E-state index in [-0.39, 0.29) is 18.5 Å². The van der Waals surface area contributed by atoms with Crippen LogP contribution in [0.2, 0.25) is 0 Å². The van der Waals surface area contributed by atoms with Crippen LogP contribution in [0.5, 0.6) is 0 Å². The van der Waals surface area contributed by atoms with Gasteiger partial charge in [-0.1, -0.05) is 12.1 Å². The van der Waals surface area contributed by atoms with Crippen LogP contribution in [0.3, 0.4) is 0 Å². The van der Waals surface area contributed by atoms with Gasteiger partial charge in [0.1, 0.15) is 0 Å². The van der Waals surface area contributed by atoms with Gasteiger partial charge in [-0.2, -0.15) is 5.26 Å². The van der Waals surface area contributed by atoms with Crippen LogP contribution in [-0.2, 0) is 4.74 Å². The number of ether oxygens (including phenoxy) is 1. The van der Waals surface area contributed by atoms with Gasteiger partial charge in [-0.05, 0) is 17.7 Å².